The van der Waals surface area contributed by atoms with Gasteiger partial charge in [0.05, 0.1) is 16.1 Å². The van der Waals surface area contributed by atoms with Crippen molar-refractivity contribution in [2.24, 2.45) is 0 Å². The van der Waals surface area contributed by atoms with E-state index in [1.807, 2.05) is 31.2 Å². The molecule has 0 aliphatic heterocycles. The van der Waals surface area contributed by atoms with Crippen LogP contribution in [-0.4, -0.2) is 5.11 Å². The lowest BCUT2D eigenvalue weighted by Gasteiger charge is -2.14. The largest absolute Gasteiger partial charge is 0.388 e. The van der Waals surface area contributed by atoms with E-state index in [-0.39, 0.29) is 0 Å². The Hall–Kier alpha value is -0.540. The molecule has 0 bridgehead atoms. The molecule has 4 heteroatoms. The lowest BCUT2D eigenvalue weighted by atomic mass is 9.98. The summed E-state index contributed by atoms with van der Waals surface area (Å²) in [6.45, 7) is 1.98. The average Bonchev–Trinajstić information content (AvgIpc) is 2.33. The Morgan fingerprint density at radius 2 is 1.84 bits per heavy atom. The lowest BCUT2D eigenvalue weighted by Crippen LogP contribution is -2.04. The number of aliphatic hydroxyl groups excluding tert-OH is 1. The van der Waals surface area contributed by atoms with E-state index in [1.54, 1.807) is 12.1 Å². The van der Waals surface area contributed by atoms with Crippen LogP contribution < -0.4 is 0 Å². The van der Waals surface area contributed by atoms with Gasteiger partial charge in [0.2, 0.25) is 0 Å². The third kappa shape index (κ3) is 3.73. The predicted molar refractivity (Wildman–Crippen MR) is 84.0 cm³/mol. The predicted octanol–water partition coefficient (Wildman–Crippen LogP) is 5.34. The summed E-state index contributed by atoms with van der Waals surface area (Å²) < 4.78 is 1.01. The van der Waals surface area contributed by atoms with E-state index in [0.717, 1.165) is 21.2 Å². The molecule has 2 aromatic rings. The molecule has 2 rings (SSSR count). The maximum absolute atomic E-state index is 10.3. The van der Waals surface area contributed by atoms with Crippen LogP contribution in [0.2, 0.25) is 10.0 Å². The van der Waals surface area contributed by atoms with Crippen molar-refractivity contribution in [3.05, 3.63) is 67.6 Å². The van der Waals surface area contributed by atoms with Crippen molar-refractivity contribution in [3.8, 4) is 0 Å². The van der Waals surface area contributed by atoms with E-state index in [0.29, 0.717) is 16.5 Å². The summed E-state index contributed by atoms with van der Waals surface area (Å²) in [6.07, 6.45) is -0.0374. The van der Waals surface area contributed by atoms with Gasteiger partial charge in [-0.25, -0.2) is 0 Å². The Bertz CT molecular complexity index is 599. The van der Waals surface area contributed by atoms with Crippen molar-refractivity contribution in [2.75, 3.05) is 0 Å². The van der Waals surface area contributed by atoms with Gasteiger partial charge in [-0.1, -0.05) is 51.3 Å². The fourth-order valence-electron chi connectivity index (χ4n) is 2.01. The number of rotatable bonds is 3. The van der Waals surface area contributed by atoms with Crippen LogP contribution in [0.25, 0.3) is 0 Å². The zero-order chi connectivity index (χ0) is 14.0. The first-order valence-electron chi connectivity index (χ1n) is 5.85. The monoisotopic (exact) mass is 358 g/mol. The number of hydrogen-bond donors (Lipinski definition) is 1. The zero-order valence-electron chi connectivity index (χ0n) is 10.3. The molecule has 100 valence electrons. The molecular formula is C15H13BrCl2O. The maximum Gasteiger partial charge on any atom is 0.0832 e. The van der Waals surface area contributed by atoms with Crippen molar-refractivity contribution in [1.29, 1.82) is 0 Å². The fraction of sp³-hybridized carbons (Fsp3) is 0.200. The molecule has 1 N–H and O–H groups in total. The second-order valence-electron chi connectivity index (χ2n) is 4.47. The molecule has 0 spiro atoms. The molecule has 0 radical (unpaired) electrons. The van der Waals surface area contributed by atoms with Crippen molar-refractivity contribution >= 4 is 39.1 Å². The topological polar surface area (TPSA) is 20.2 Å². The molecule has 0 fully saturated rings. The summed E-state index contributed by atoms with van der Waals surface area (Å²) in [7, 11) is 0. The van der Waals surface area contributed by atoms with E-state index in [2.05, 4.69) is 15.9 Å². The van der Waals surface area contributed by atoms with Crippen LogP contribution in [0.3, 0.4) is 0 Å². The van der Waals surface area contributed by atoms with Gasteiger partial charge < -0.3 is 5.11 Å². The number of aliphatic hydroxyl groups is 1. The molecule has 0 heterocycles. The highest BCUT2D eigenvalue weighted by Crippen LogP contribution is 2.27. The molecule has 0 saturated carbocycles. The first-order chi connectivity index (χ1) is 8.97. The van der Waals surface area contributed by atoms with E-state index in [1.165, 1.54) is 0 Å². The summed E-state index contributed by atoms with van der Waals surface area (Å²) >= 11 is 15.3. The van der Waals surface area contributed by atoms with Crippen LogP contribution in [-0.2, 0) is 6.42 Å². The zero-order valence-corrected chi connectivity index (χ0v) is 13.4. The molecule has 19 heavy (non-hydrogen) atoms. The highest BCUT2D eigenvalue weighted by atomic mass is 79.9. The molecule has 0 saturated heterocycles. The number of hydrogen-bond acceptors (Lipinski definition) is 1. The van der Waals surface area contributed by atoms with Crippen molar-refractivity contribution < 1.29 is 5.11 Å². The van der Waals surface area contributed by atoms with Crippen LogP contribution >= 0.6 is 39.1 Å². The van der Waals surface area contributed by atoms with Gasteiger partial charge in [-0.15, -0.1) is 0 Å². The molecule has 1 nitrogen and oxygen atoms in total. The minimum absolute atomic E-state index is 0.513. The third-order valence-electron chi connectivity index (χ3n) is 3.00. The third-order valence-corrected chi connectivity index (χ3v) is 4.24. The Balaban J connectivity index is 2.20. The maximum atomic E-state index is 10.3. The Kier molecular flexibility index (Phi) is 4.91. The average molecular weight is 360 g/mol. The fourth-order valence-corrected chi connectivity index (χ4v) is 2.81. The van der Waals surface area contributed by atoms with Crippen LogP contribution in [0.1, 0.15) is 22.8 Å². The Morgan fingerprint density at radius 1 is 1.11 bits per heavy atom. The molecule has 0 amide bonds. The summed E-state index contributed by atoms with van der Waals surface area (Å²) in [6, 6.07) is 11.3. The molecule has 2 aromatic carbocycles. The minimum Gasteiger partial charge on any atom is -0.388 e. The van der Waals surface area contributed by atoms with Crippen LogP contribution in [0.4, 0.5) is 0 Å². The minimum atomic E-state index is -0.551. The van der Waals surface area contributed by atoms with Gasteiger partial charge in [-0.3, -0.25) is 0 Å². The van der Waals surface area contributed by atoms with E-state index < -0.39 is 6.10 Å². The van der Waals surface area contributed by atoms with Crippen molar-refractivity contribution in [1.82, 2.24) is 0 Å². The Morgan fingerprint density at radius 3 is 2.47 bits per heavy atom. The van der Waals surface area contributed by atoms with Crippen LogP contribution in [0.5, 0.6) is 0 Å². The second kappa shape index (κ2) is 6.27. The van der Waals surface area contributed by atoms with Gasteiger partial charge >= 0.3 is 0 Å². The van der Waals surface area contributed by atoms with Gasteiger partial charge in [0, 0.05) is 10.9 Å². The molecule has 1 atom stereocenters. The Labute approximate surface area is 131 Å². The normalized spacial score (nSPS) is 12.5. The summed E-state index contributed by atoms with van der Waals surface area (Å²) in [5.74, 6) is 0. The molecule has 0 aromatic heterocycles. The lowest BCUT2D eigenvalue weighted by molar-refractivity contribution is 0.177. The first-order valence-corrected chi connectivity index (χ1v) is 7.40. The van der Waals surface area contributed by atoms with Gasteiger partial charge in [0.1, 0.15) is 0 Å². The number of benzene rings is 2. The van der Waals surface area contributed by atoms with Crippen molar-refractivity contribution in [3.63, 3.8) is 0 Å². The van der Waals surface area contributed by atoms with Gasteiger partial charge in [0.25, 0.3) is 0 Å². The molecular weight excluding hydrogens is 347 g/mol. The first kappa shape index (κ1) is 14.9. The molecule has 1 unspecified atom stereocenters. The van der Waals surface area contributed by atoms with Crippen LogP contribution in [0.15, 0.2) is 40.9 Å². The van der Waals surface area contributed by atoms with Gasteiger partial charge in [-0.2, -0.15) is 0 Å². The van der Waals surface area contributed by atoms with E-state index in [4.69, 9.17) is 23.2 Å². The van der Waals surface area contributed by atoms with Crippen LogP contribution in [0, 0.1) is 6.92 Å². The number of aryl methyl sites for hydroxylation is 1. The van der Waals surface area contributed by atoms with E-state index in [9.17, 15) is 5.11 Å². The van der Waals surface area contributed by atoms with E-state index >= 15 is 0 Å². The standard InChI is InChI=1S/C15H13BrCl2O/c1-9-6-11(16)3-4-12(9)15(19)8-10-2-5-13(17)14(18)7-10/h2-7,15,19H,8H2,1H3. The quantitative estimate of drug-likeness (QED) is 0.784. The number of halogens is 3. The molecule has 0 aliphatic rings. The smallest absolute Gasteiger partial charge is 0.0832 e. The van der Waals surface area contributed by atoms with Crippen molar-refractivity contribution in [2.45, 2.75) is 19.4 Å². The highest BCUT2D eigenvalue weighted by Gasteiger charge is 2.12. The highest BCUT2D eigenvalue weighted by molar-refractivity contribution is 9.10. The summed E-state index contributed by atoms with van der Waals surface area (Å²) in [5, 5.41) is 11.4. The molecule has 0 aliphatic carbocycles. The summed E-state index contributed by atoms with van der Waals surface area (Å²) in [5.41, 5.74) is 2.94. The SMILES string of the molecule is Cc1cc(Br)ccc1C(O)Cc1ccc(Cl)c(Cl)c1. The summed E-state index contributed by atoms with van der Waals surface area (Å²) in [4.78, 5) is 0. The van der Waals surface area contributed by atoms with Gasteiger partial charge in [-0.05, 0) is 47.9 Å². The van der Waals surface area contributed by atoms with Gasteiger partial charge in [0.15, 0.2) is 0 Å². The second-order valence-corrected chi connectivity index (χ2v) is 6.20.